The van der Waals surface area contributed by atoms with Crippen LogP contribution in [0.2, 0.25) is 0 Å². The molecule has 2 aromatic carbocycles. The van der Waals surface area contributed by atoms with Crippen molar-refractivity contribution in [2.45, 2.75) is 24.5 Å². The van der Waals surface area contributed by atoms with E-state index in [0.29, 0.717) is 23.2 Å². The van der Waals surface area contributed by atoms with Gasteiger partial charge in [-0.25, -0.2) is 18.1 Å². The Balaban J connectivity index is 1.79. The van der Waals surface area contributed by atoms with Crippen LogP contribution < -0.4 is 10.3 Å². The van der Waals surface area contributed by atoms with Gasteiger partial charge in [0.25, 0.3) is 5.56 Å². The molecule has 0 atom stereocenters. The van der Waals surface area contributed by atoms with Crippen LogP contribution in [0, 0.1) is 6.92 Å². The van der Waals surface area contributed by atoms with E-state index in [1.807, 2.05) is 0 Å². The maximum Gasteiger partial charge on any atom is 0.416 e. The Morgan fingerprint density at radius 3 is 2.36 bits per heavy atom. The molecule has 0 aliphatic rings. The zero-order valence-electron chi connectivity index (χ0n) is 14.7. The number of para-hydroxylation sites is 2. The number of benzene rings is 2. The number of rotatable bonds is 5. The number of nitrogens with zero attached hydrogens (tertiary/aromatic N) is 2. The second kappa shape index (κ2) is 7.36. The van der Waals surface area contributed by atoms with Gasteiger partial charge < -0.3 is 4.57 Å². The van der Waals surface area contributed by atoms with Gasteiger partial charge in [-0.3, -0.25) is 4.79 Å². The van der Waals surface area contributed by atoms with Crippen LogP contribution in [0.1, 0.15) is 11.3 Å². The molecule has 0 aliphatic carbocycles. The third-order valence-corrected chi connectivity index (χ3v) is 5.61. The number of nitrogens with one attached hydrogen (secondary N) is 1. The largest absolute Gasteiger partial charge is 0.416 e. The van der Waals surface area contributed by atoms with Crippen LogP contribution in [0.3, 0.4) is 0 Å². The van der Waals surface area contributed by atoms with E-state index < -0.39 is 21.8 Å². The molecule has 0 radical (unpaired) electrons. The van der Waals surface area contributed by atoms with Crippen LogP contribution in [-0.2, 0) is 22.7 Å². The molecule has 0 saturated heterocycles. The summed E-state index contributed by atoms with van der Waals surface area (Å²) < 4.78 is 66.1. The van der Waals surface area contributed by atoms with E-state index in [9.17, 15) is 26.4 Å². The van der Waals surface area contributed by atoms with E-state index in [1.54, 1.807) is 31.2 Å². The first-order valence-corrected chi connectivity index (χ1v) is 9.71. The fraction of sp³-hybridized carbons (Fsp3) is 0.222. The molecular weight excluding hydrogens is 395 g/mol. The van der Waals surface area contributed by atoms with Gasteiger partial charge in [-0.2, -0.15) is 13.2 Å². The van der Waals surface area contributed by atoms with Gasteiger partial charge >= 0.3 is 6.18 Å². The fourth-order valence-corrected chi connectivity index (χ4v) is 3.76. The molecule has 1 heterocycles. The lowest BCUT2D eigenvalue weighted by Crippen LogP contribution is -2.32. The molecular formula is C18H16F3N3O3S. The summed E-state index contributed by atoms with van der Waals surface area (Å²) in [7, 11) is -4.02. The summed E-state index contributed by atoms with van der Waals surface area (Å²) in [6.07, 6.45) is -4.54. The molecule has 3 rings (SSSR count). The van der Waals surface area contributed by atoms with Gasteiger partial charge in [-0.15, -0.1) is 0 Å². The van der Waals surface area contributed by atoms with Crippen molar-refractivity contribution in [1.29, 1.82) is 0 Å². The molecule has 0 saturated carbocycles. The Bertz CT molecular complexity index is 1170. The van der Waals surface area contributed by atoms with E-state index in [4.69, 9.17) is 0 Å². The smallest absolute Gasteiger partial charge is 0.304 e. The van der Waals surface area contributed by atoms with E-state index in [1.165, 1.54) is 4.57 Å². The quantitative estimate of drug-likeness (QED) is 0.700. The lowest BCUT2D eigenvalue weighted by Gasteiger charge is -2.12. The predicted octanol–water partition coefficient (Wildman–Crippen LogP) is 2.70. The van der Waals surface area contributed by atoms with Crippen LogP contribution in [0.5, 0.6) is 0 Å². The molecule has 148 valence electrons. The second-order valence-corrected chi connectivity index (χ2v) is 7.83. The summed E-state index contributed by atoms with van der Waals surface area (Å²) in [4.78, 5) is 16.3. The minimum atomic E-state index is -4.54. The standard InChI is InChI=1S/C18H16F3N3O3S/c1-12-17(25)24(16-5-3-2-4-15(16)23-12)11-10-22-28(26,27)14-8-6-13(7-9-14)18(19,20)21/h2-9,22H,10-11H2,1H3. The van der Waals surface area contributed by atoms with Crippen molar-refractivity contribution in [2.75, 3.05) is 6.54 Å². The summed E-state index contributed by atoms with van der Waals surface area (Å²) in [5.74, 6) is 0. The highest BCUT2D eigenvalue weighted by Gasteiger charge is 2.30. The predicted molar refractivity (Wildman–Crippen MR) is 97.4 cm³/mol. The number of sulfonamides is 1. The summed E-state index contributed by atoms with van der Waals surface area (Å²) in [5, 5.41) is 0. The normalized spacial score (nSPS) is 12.4. The Hall–Kier alpha value is -2.72. The fourth-order valence-electron chi connectivity index (χ4n) is 2.74. The van der Waals surface area contributed by atoms with Crippen LogP contribution >= 0.6 is 0 Å². The molecule has 1 N–H and O–H groups in total. The summed E-state index contributed by atoms with van der Waals surface area (Å²) in [6.45, 7) is 1.50. The molecule has 0 spiro atoms. The van der Waals surface area contributed by atoms with Crippen molar-refractivity contribution in [3.63, 3.8) is 0 Å². The third-order valence-electron chi connectivity index (χ3n) is 4.13. The molecule has 1 aromatic heterocycles. The van der Waals surface area contributed by atoms with E-state index in [-0.39, 0.29) is 29.2 Å². The SMILES string of the molecule is Cc1nc2ccccc2n(CCNS(=O)(=O)c2ccc(C(F)(F)F)cc2)c1=O. The number of fused-ring (bicyclic) bond motifs is 1. The molecule has 6 nitrogen and oxygen atoms in total. The highest BCUT2D eigenvalue weighted by molar-refractivity contribution is 7.89. The number of hydrogen-bond acceptors (Lipinski definition) is 4. The van der Waals surface area contributed by atoms with Crippen molar-refractivity contribution in [3.8, 4) is 0 Å². The highest BCUT2D eigenvalue weighted by atomic mass is 32.2. The number of hydrogen-bond donors (Lipinski definition) is 1. The first-order chi connectivity index (χ1) is 13.1. The lowest BCUT2D eigenvalue weighted by molar-refractivity contribution is -0.137. The Morgan fingerprint density at radius 2 is 1.71 bits per heavy atom. The average molecular weight is 411 g/mol. The van der Waals surface area contributed by atoms with E-state index >= 15 is 0 Å². The maximum atomic E-state index is 12.6. The zero-order chi connectivity index (χ0) is 20.5. The van der Waals surface area contributed by atoms with Crippen LogP contribution in [0.15, 0.2) is 58.2 Å². The molecule has 0 aliphatic heterocycles. The minimum absolute atomic E-state index is 0.0442. The summed E-state index contributed by atoms with van der Waals surface area (Å²) in [6, 6.07) is 10.2. The van der Waals surface area contributed by atoms with Crippen molar-refractivity contribution < 1.29 is 21.6 Å². The van der Waals surface area contributed by atoms with Gasteiger partial charge in [0, 0.05) is 13.1 Å². The molecule has 0 unspecified atom stereocenters. The Kier molecular flexibility index (Phi) is 5.26. The van der Waals surface area contributed by atoms with Gasteiger partial charge in [-0.1, -0.05) is 12.1 Å². The zero-order valence-corrected chi connectivity index (χ0v) is 15.5. The monoisotopic (exact) mass is 411 g/mol. The summed E-state index contributed by atoms with van der Waals surface area (Å²) >= 11 is 0. The number of alkyl halides is 3. The van der Waals surface area contributed by atoms with E-state index in [0.717, 1.165) is 12.1 Å². The van der Waals surface area contributed by atoms with Crippen molar-refractivity contribution in [1.82, 2.24) is 14.3 Å². The first-order valence-electron chi connectivity index (χ1n) is 8.23. The Labute approximate surface area is 158 Å². The topological polar surface area (TPSA) is 81.1 Å². The molecule has 3 aromatic rings. The van der Waals surface area contributed by atoms with Crippen LogP contribution in [0.4, 0.5) is 13.2 Å². The molecule has 10 heteroatoms. The van der Waals surface area contributed by atoms with Gasteiger partial charge in [0.15, 0.2) is 0 Å². The minimum Gasteiger partial charge on any atom is -0.304 e. The number of aromatic nitrogens is 2. The van der Waals surface area contributed by atoms with Crippen LogP contribution in [0.25, 0.3) is 11.0 Å². The highest BCUT2D eigenvalue weighted by Crippen LogP contribution is 2.29. The van der Waals surface area contributed by atoms with Crippen molar-refractivity contribution >= 4 is 21.1 Å². The van der Waals surface area contributed by atoms with Crippen LogP contribution in [-0.4, -0.2) is 24.5 Å². The van der Waals surface area contributed by atoms with Crippen molar-refractivity contribution in [3.05, 3.63) is 70.1 Å². The maximum absolute atomic E-state index is 12.6. The molecule has 0 amide bonds. The van der Waals surface area contributed by atoms with Gasteiger partial charge in [0.2, 0.25) is 10.0 Å². The van der Waals surface area contributed by atoms with E-state index in [2.05, 4.69) is 9.71 Å². The summed E-state index contributed by atoms with van der Waals surface area (Å²) in [5.41, 5.74) is 0.172. The molecule has 28 heavy (non-hydrogen) atoms. The average Bonchev–Trinajstić information content (AvgIpc) is 2.64. The van der Waals surface area contributed by atoms with Gasteiger partial charge in [-0.05, 0) is 43.3 Å². The van der Waals surface area contributed by atoms with Gasteiger partial charge in [0.05, 0.1) is 21.5 Å². The molecule has 0 fully saturated rings. The second-order valence-electron chi connectivity index (χ2n) is 6.06. The molecule has 0 bridgehead atoms. The number of aryl methyl sites for hydroxylation is 1. The van der Waals surface area contributed by atoms with Gasteiger partial charge in [0.1, 0.15) is 5.69 Å². The number of halogens is 3. The third kappa shape index (κ3) is 4.07. The first kappa shape index (κ1) is 20.0. The lowest BCUT2D eigenvalue weighted by atomic mass is 10.2. The van der Waals surface area contributed by atoms with Crippen molar-refractivity contribution in [2.24, 2.45) is 0 Å². The Morgan fingerprint density at radius 1 is 1.07 bits per heavy atom.